The second-order valence-corrected chi connectivity index (χ2v) is 8.09. The van der Waals surface area contributed by atoms with E-state index >= 15 is 0 Å². The van der Waals surface area contributed by atoms with E-state index in [-0.39, 0.29) is 0 Å². The summed E-state index contributed by atoms with van der Waals surface area (Å²) >= 11 is 0. The van der Waals surface area contributed by atoms with Gasteiger partial charge in [-0.2, -0.15) is 0 Å². The van der Waals surface area contributed by atoms with Crippen molar-refractivity contribution in [3.63, 3.8) is 0 Å². The maximum Gasteiger partial charge on any atom is 0.191 e. The highest BCUT2D eigenvalue weighted by atomic mass is 16.5. The normalized spacial score (nSPS) is 16.7. The maximum absolute atomic E-state index is 5.57. The van der Waals surface area contributed by atoms with Gasteiger partial charge in [0.2, 0.25) is 0 Å². The average molecular weight is 430 g/mol. The fourth-order valence-electron chi connectivity index (χ4n) is 4.35. The Bertz CT molecular complexity index is 796. The summed E-state index contributed by atoms with van der Waals surface area (Å²) in [6.45, 7) is 12.9. The Balaban J connectivity index is 1.54. The average Bonchev–Trinajstić information content (AvgIpc) is 3.23. The molecule has 1 unspecified atom stereocenters. The van der Waals surface area contributed by atoms with Crippen molar-refractivity contribution < 1.29 is 4.74 Å². The van der Waals surface area contributed by atoms with Gasteiger partial charge in [-0.1, -0.05) is 32.8 Å². The number of aromatic nitrogens is 3. The highest BCUT2D eigenvalue weighted by Gasteiger charge is 2.26. The molecular weight excluding hydrogens is 390 g/mol. The third-order valence-electron chi connectivity index (χ3n) is 6.14. The van der Waals surface area contributed by atoms with Crippen LogP contribution in [0, 0.1) is 5.92 Å². The highest BCUT2D eigenvalue weighted by Crippen LogP contribution is 2.20. The summed E-state index contributed by atoms with van der Waals surface area (Å²) < 4.78 is 7.63. The minimum atomic E-state index is 0.469. The van der Waals surface area contributed by atoms with Gasteiger partial charge in [0.25, 0.3) is 0 Å². The monoisotopic (exact) mass is 429 g/mol. The van der Waals surface area contributed by atoms with Crippen LogP contribution in [-0.4, -0.2) is 77.4 Å². The molecule has 0 aliphatic carbocycles. The van der Waals surface area contributed by atoms with Crippen molar-refractivity contribution in [1.29, 1.82) is 0 Å². The lowest BCUT2D eigenvalue weighted by Crippen LogP contribution is -2.49. The number of hydrogen-bond donors (Lipinski definition) is 2. The van der Waals surface area contributed by atoms with E-state index in [2.05, 4.69) is 50.9 Å². The van der Waals surface area contributed by atoms with Gasteiger partial charge in [-0.05, 0) is 31.4 Å². The van der Waals surface area contributed by atoms with E-state index in [1.165, 1.54) is 12.8 Å². The minimum Gasteiger partial charge on any atom is -0.379 e. The molecule has 8 heteroatoms. The van der Waals surface area contributed by atoms with Crippen LogP contribution in [-0.2, 0) is 11.2 Å². The summed E-state index contributed by atoms with van der Waals surface area (Å²) in [5.41, 5.74) is 0.899. The smallest absolute Gasteiger partial charge is 0.191 e. The molecule has 0 amide bonds. The summed E-state index contributed by atoms with van der Waals surface area (Å²) in [5, 5.41) is 15.5. The van der Waals surface area contributed by atoms with E-state index < -0.39 is 0 Å². The van der Waals surface area contributed by atoms with E-state index in [0.29, 0.717) is 12.0 Å². The van der Waals surface area contributed by atoms with Crippen LogP contribution in [0.5, 0.6) is 0 Å². The molecule has 0 saturated carbocycles. The van der Waals surface area contributed by atoms with E-state index in [9.17, 15) is 0 Å². The van der Waals surface area contributed by atoms with Crippen molar-refractivity contribution in [3.05, 3.63) is 30.2 Å². The predicted octanol–water partition coefficient (Wildman–Crippen LogP) is 2.35. The first kappa shape index (κ1) is 23.5. The van der Waals surface area contributed by atoms with E-state index in [0.717, 1.165) is 76.2 Å². The van der Waals surface area contributed by atoms with Crippen molar-refractivity contribution in [1.82, 2.24) is 30.1 Å². The second kappa shape index (κ2) is 12.6. The highest BCUT2D eigenvalue weighted by molar-refractivity contribution is 5.79. The lowest BCUT2D eigenvalue weighted by molar-refractivity contribution is 0.00395. The zero-order valence-corrected chi connectivity index (χ0v) is 19.4. The maximum atomic E-state index is 5.57. The summed E-state index contributed by atoms with van der Waals surface area (Å²) in [6, 6.07) is 6.45. The minimum absolute atomic E-state index is 0.469. The fourth-order valence-corrected chi connectivity index (χ4v) is 4.35. The first-order valence-electron chi connectivity index (χ1n) is 11.9. The van der Waals surface area contributed by atoms with Gasteiger partial charge < -0.3 is 15.4 Å². The Kier molecular flexibility index (Phi) is 9.55. The first-order chi connectivity index (χ1) is 15.3. The van der Waals surface area contributed by atoms with Crippen LogP contribution in [0.25, 0.3) is 5.65 Å². The third-order valence-corrected chi connectivity index (χ3v) is 6.14. The van der Waals surface area contributed by atoms with Crippen LogP contribution < -0.4 is 10.6 Å². The molecule has 0 aromatic carbocycles. The molecule has 8 nitrogen and oxygen atoms in total. The summed E-state index contributed by atoms with van der Waals surface area (Å²) in [7, 11) is 0. The van der Waals surface area contributed by atoms with Gasteiger partial charge in [0.15, 0.2) is 11.6 Å². The quantitative estimate of drug-likeness (QED) is 0.324. The summed E-state index contributed by atoms with van der Waals surface area (Å²) in [4.78, 5) is 7.54. The number of guanidine groups is 1. The molecule has 3 heterocycles. The van der Waals surface area contributed by atoms with Crippen LogP contribution >= 0.6 is 0 Å². The van der Waals surface area contributed by atoms with Gasteiger partial charge in [-0.25, -0.2) is 0 Å². The SMILES string of the molecule is CCNC(=NCC(C(CC)CC)N1CCOCC1)NCCCc1nnc2ccccn12. The molecule has 31 heavy (non-hydrogen) atoms. The number of aliphatic imine (C=N–C) groups is 1. The van der Waals surface area contributed by atoms with E-state index in [1.807, 2.05) is 24.4 Å². The Hall–Kier alpha value is -2.19. The predicted molar refractivity (Wildman–Crippen MR) is 126 cm³/mol. The molecule has 172 valence electrons. The van der Waals surface area contributed by atoms with Crippen molar-refractivity contribution in [2.75, 3.05) is 45.9 Å². The van der Waals surface area contributed by atoms with Gasteiger partial charge in [0.05, 0.1) is 19.8 Å². The molecule has 2 N–H and O–H groups in total. The molecule has 1 saturated heterocycles. The van der Waals surface area contributed by atoms with Crippen molar-refractivity contribution in [2.45, 2.75) is 52.5 Å². The van der Waals surface area contributed by atoms with Gasteiger partial charge in [-0.3, -0.25) is 14.3 Å². The number of morpholine rings is 1. The number of pyridine rings is 1. The fraction of sp³-hybridized carbons (Fsp3) is 0.696. The van der Waals surface area contributed by atoms with Crippen molar-refractivity contribution >= 4 is 11.6 Å². The molecule has 0 spiro atoms. The third kappa shape index (κ3) is 6.64. The summed E-state index contributed by atoms with van der Waals surface area (Å²) in [5.74, 6) is 2.56. The topological polar surface area (TPSA) is 79.1 Å². The molecule has 3 rings (SSSR count). The lowest BCUT2D eigenvalue weighted by Gasteiger charge is -2.38. The molecule has 2 aromatic rings. The number of hydrogen-bond acceptors (Lipinski definition) is 5. The Morgan fingerprint density at radius 3 is 2.68 bits per heavy atom. The van der Waals surface area contributed by atoms with Crippen molar-refractivity contribution in [2.24, 2.45) is 10.9 Å². The van der Waals surface area contributed by atoms with Crippen LogP contribution in [0.2, 0.25) is 0 Å². The molecule has 0 radical (unpaired) electrons. The van der Waals surface area contributed by atoms with Gasteiger partial charge in [-0.15, -0.1) is 10.2 Å². The van der Waals surface area contributed by atoms with Gasteiger partial charge in [0, 0.05) is 44.8 Å². The lowest BCUT2D eigenvalue weighted by atomic mass is 9.92. The molecule has 2 aromatic heterocycles. The molecule has 1 atom stereocenters. The Labute approximate surface area is 186 Å². The van der Waals surface area contributed by atoms with Crippen LogP contribution in [0.1, 0.15) is 45.9 Å². The largest absolute Gasteiger partial charge is 0.379 e. The Morgan fingerprint density at radius 1 is 1.13 bits per heavy atom. The zero-order chi connectivity index (χ0) is 21.9. The number of ether oxygens (including phenoxy) is 1. The van der Waals surface area contributed by atoms with Gasteiger partial charge in [0.1, 0.15) is 5.82 Å². The molecular formula is C23H39N7O. The van der Waals surface area contributed by atoms with Gasteiger partial charge >= 0.3 is 0 Å². The number of fused-ring (bicyclic) bond motifs is 1. The molecule has 1 aliphatic rings. The molecule has 0 bridgehead atoms. The zero-order valence-electron chi connectivity index (χ0n) is 19.4. The van der Waals surface area contributed by atoms with Crippen molar-refractivity contribution in [3.8, 4) is 0 Å². The standard InChI is InChI=1S/C23H39N7O/c1-4-19(5-2)20(29-14-16-31-17-15-29)18-26-23(24-6-3)25-12-9-11-22-28-27-21-10-7-8-13-30(21)22/h7-8,10,13,19-20H,4-6,9,11-12,14-18H2,1-3H3,(H2,24,25,26). The number of nitrogens with zero attached hydrogens (tertiary/aromatic N) is 5. The van der Waals surface area contributed by atoms with Crippen LogP contribution in [0.3, 0.4) is 0 Å². The van der Waals surface area contributed by atoms with Crippen LogP contribution in [0.4, 0.5) is 0 Å². The second-order valence-electron chi connectivity index (χ2n) is 8.09. The van der Waals surface area contributed by atoms with E-state index in [1.54, 1.807) is 0 Å². The first-order valence-corrected chi connectivity index (χ1v) is 11.9. The Morgan fingerprint density at radius 2 is 1.94 bits per heavy atom. The number of rotatable bonds is 11. The van der Waals surface area contributed by atoms with E-state index in [4.69, 9.17) is 9.73 Å². The van der Waals surface area contributed by atoms with Crippen LogP contribution in [0.15, 0.2) is 29.4 Å². The summed E-state index contributed by atoms with van der Waals surface area (Å²) in [6.07, 6.45) is 6.24. The number of nitrogens with one attached hydrogen (secondary N) is 2. The molecule has 1 fully saturated rings. The molecule has 1 aliphatic heterocycles. The number of aryl methyl sites for hydroxylation is 1.